The van der Waals surface area contributed by atoms with Gasteiger partial charge in [0.05, 0.1) is 19.3 Å². The van der Waals surface area contributed by atoms with E-state index in [4.69, 9.17) is 10.5 Å². The van der Waals surface area contributed by atoms with Crippen molar-refractivity contribution < 1.29 is 27.5 Å². The van der Waals surface area contributed by atoms with E-state index in [9.17, 15) is 22.8 Å². The molecule has 0 saturated heterocycles. The second-order valence-electron chi connectivity index (χ2n) is 9.39. The molecule has 1 fully saturated rings. The first kappa shape index (κ1) is 24.8. The monoisotopic (exact) mass is 513 g/mol. The lowest BCUT2D eigenvalue weighted by Crippen LogP contribution is -2.39. The topological polar surface area (TPSA) is 102 Å². The number of methoxy groups -OCH3 is 1. The molecule has 8 nitrogen and oxygen atoms in total. The summed E-state index contributed by atoms with van der Waals surface area (Å²) in [5.74, 6) is -0.430. The van der Waals surface area contributed by atoms with Gasteiger partial charge in [0.1, 0.15) is 11.4 Å². The number of nitrogens with one attached hydrogen (secondary N) is 1. The van der Waals surface area contributed by atoms with E-state index in [1.54, 1.807) is 24.3 Å². The van der Waals surface area contributed by atoms with Crippen LogP contribution in [0, 0.1) is 0 Å². The van der Waals surface area contributed by atoms with E-state index < -0.39 is 23.7 Å². The summed E-state index contributed by atoms with van der Waals surface area (Å²) in [5.41, 5.74) is 5.88. The first-order valence-corrected chi connectivity index (χ1v) is 11.9. The number of nitrogens with two attached hydrogens (primary N) is 1. The number of carbonyl (C=O) groups excluding carboxylic acids is 2. The second-order valence-corrected chi connectivity index (χ2v) is 9.39. The molecule has 0 unspecified atom stereocenters. The number of nitrogens with zero attached hydrogens (tertiary/aromatic N) is 3. The molecular formula is C26H26F3N5O3. The van der Waals surface area contributed by atoms with Crippen molar-refractivity contribution in [2.75, 3.05) is 31.6 Å². The molecule has 0 spiro atoms. The molecule has 37 heavy (non-hydrogen) atoms. The van der Waals surface area contributed by atoms with E-state index in [0.717, 1.165) is 23.1 Å². The Labute approximate surface area is 211 Å². The molecule has 2 aromatic carbocycles. The summed E-state index contributed by atoms with van der Waals surface area (Å²) in [5, 5.41) is 6.90. The molecule has 3 aromatic rings. The van der Waals surface area contributed by atoms with Crippen molar-refractivity contribution in [1.82, 2.24) is 15.1 Å². The summed E-state index contributed by atoms with van der Waals surface area (Å²) < 4.78 is 47.6. The zero-order valence-corrected chi connectivity index (χ0v) is 20.1. The van der Waals surface area contributed by atoms with Gasteiger partial charge in [-0.3, -0.25) is 9.59 Å². The Morgan fingerprint density at radius 3 is 2.32 bits per heavy atom. The van der Waals surface area contributed by atoms with Crippen molar-refractivity contribution in [2.24, 2.45) is 5.73 Å². The van der Waals surface area contributed by atoms with Gasteiger partial charge in [0, 0.05) is 29.8 Å². The minimum absolute atomic E-state index is 0.0226. The number of anilines is 1. The van der Waals surface area contributed by atoms with Crippen LogP contribution in [0.15, 0.2) is 48.5 Å². The lowest BCUT2D eigenvalue weighted by molar-refractivity contribution is -0.142. The van der Waals surface area contributed by atoms with Crippen LogP contribution in [0.1, 0.15) is 40.2 Å². The fourth-order valence-electron chi connectivity index (χ4n) is 4.88. The van der Waals surface area contributed by atoms with E-state index in [-0.39, 0.29) is 36.2 Å². The van der Waals surface area contributed by atoms with Crippen LogP contribution in [-0.2, 0) is 22.8 Å². The summed E-state index contributed by atoms with van der Waals surface area (Å²) in [6.07, 6.45) is -2.74. The molecule has 0 bridgehead atoms. The van der Waals surface area contributed by atoms with Crippen LogP contribution in [0.5, 0.6) is 5.75 Å². The highest BCUT2D eigenvalue weighted by Crippen LogP contribution is 2.48. The number of fused-ring (bicyclic) bond motifs is 1. The first-order chi connectivity index (χ1) is 17.6. The van der Waals surface area contributed by atoms with Gasteiger partial charge in [-0.1, -0.05) is 12.1 Å². The third kappa shape index (κ3) is 4.66. The van der Waals surface area contributed by atoms with Crippen LogP contribution in [0.2, 0.25) is 0 Å². The van der Waals surface area contributed by atoms with Crippen molar-refractivity contribution in [3.05, 3.63) is 71.0 Å². The highest BCUT2D eigenvalue weighted by atomic mass is 19.4. The Bertz CT molecular complexity index is 1330. The number of alkyl halides is 3. The average Bonchev–Trinajstić information content (AvgIpc) is 3.54. The van der Waals surface area contributed by atoms with Crippen LogP contribution in [0.4, 0.5) is 18.9 Å². The summed E-state index contributed by atoms with van der Waals surface area (Å²) in [6.45, 7) is 0.822. The van der Waals surface area contributed by atoms with Gasteiger partial charge in [-0.15, -0.1) is 0 Å². The number of aromatic nitrogens is 2. The summed E-state index contributed by atoms with van der Waals surface area (Å²) in [4.78, 5) is 26.1. The van der Waals surface area contributed by atoms with Gasteiger partial charge in [0.25, 0.3) is 5.91 Å². The molecule has 2 heterocycles. The maximum Gasteiger partial charge on any atom is 0.435 e. The predicted molar refractivity (Wildman–Crippen MR) is 130 cm³/mol. The Morgan fingerprint density at radius 2 is 1.76 bits per heavy atom. The Hall–Kier alpha value is -3.86. The largest absolute Gasteiger partial charge is 0.497 e. The number of primary amides is 1. The number of hydrogen-bond donors (Lipinski definition) is 2. The molecule has 1 aliphatic heterocycles. The molecule has 1 aliphatic carbocycles. The van der Waals surface area contributed by atoms with Gasteiger partial charge in [0.2, 0.25) is 5.91 Å². The Morgan fingerprint density at radius 1 is 1.11 bits per heavy atom. The molecule has 0 atom stereocenters. The summed E-state index contributed by atoms with van der Waals surface area (Å²) in [7, 11) is 1.49. The van der Waals surface area contributed by atoms with Crippen molar-refractivity contribution in [1.29, 1.82) is 0 Å². The maximum atomic E-state index is 13.8. The molecule has 2 aliphatic rings. The van der Waals surface area contributed by atoms with E-state index >= 15 is 0 Å². The smallest absolute Gasteiger partial charge is 0.435 e. The number of rotatable bonds is 8. The normalized spacial score (nSPS) is 16.4. The molecule has 194 valence electrons. The molecule has 3 N–H and O–H groups in total. The fraction of sp³-hybridized carbons (Fsp3) is 0.346. The third-order valence-corrected chi connectivity index (χ3v) is 7.01. The predicted octanol–water partition coefficient (Wildman–Crippen LogP) is 3.21. The number of benzene rings is 2. The molecule has 1 saturated carbocycles. The molecule has 5 rings (SSSR count). The highest BCUT2D eigenvalue weighted by Gasteiger charge is 2.45. The lowest BCUT2D eigenvalue weighted by Gasteiger charge is -2.28. The fourth-order valence-corrected chi connectivity index (χ4v) is 4.88. The van der Waals surface area contributed by atoms with Crippen LogP contribution in [0.25, 0.3) is 5.69 Å². The van der Waals surface area contributed by atoms with Crippen molar-refractivity contribution in [3.63, 3.8) is 0 Å². The molecule has 0 radical (unpaired) electrons. The Balaban J connectivity index is 1.44. The minimum atomic E-state index is -4.69. The van der Waals surface area contributed by atoms with Crippen LogP contribution in [-0.4, -0.2) is 48.3 Å². The standard InChI is InChI=1S/C26H26F3N5O3/c1-37-19-8-6-18(7-9-19)34-22-20(23(32-34)26(27,28)29)10-13-33(24(22)36)17-4-2-16(3-5-17)25(11-12-25)15-31-14-21(30)35/h2-9,31H,10-15H2,1H3,(H2,30,35). The molecule has 11 heteroatoms. The van der Waals surface area contributed by atoms with Crippen molar-refractivity contribution in [2.45, 2.75) is 30.9 Å². The second kappa shape index (κ2) is 9.22. The summed E-state index contributed by atoms with van der Waals surface area (Å²) >= 11 is 0. The van der Waals surface area contributed by atoms with Gasteiger partial charge < -0.3 is 20.7 Å². The van der Waals surface area contributed by atoms with Crippen molar-refractivity contribution >= 4 is 17.5 Å². The zero-order chi connectivity index (χ0) is 26.4. The van der Waals surface area contributed by atoms with E-state index in [0.29, 0.717) is 23.7 Å². The van der Waals surface area contributed by atoms with Gasteiger partial charge in [-0.25, -0.2) is 4.68 Å². The van der Waals surface area contributed by atoms with Gasteiger partial charge in [-0.2, -0.15) is 18.3 Å². The van der Waals surface area contributed by atoms with Gasteiger partial charge in [0.15, 0.2) is 5.69 Å². The highest BCUT2D eigenvalue weighted by molar-refractivity contribution is 6.07. The lowest BCUT2D eigenvalue weighted by atomic mass is 9.95. The van der Waals surface area contributed by atoms with Crippen LogP contribution >= 0.6 is 0 Å². The number of amides is 2. The summed E-state index contributed by atoms with van der Waals surface area (Å²) in [6, 6.07) is 13.8. The molecule has 1 aromatic heterocycles. The van der Waals surface area contributed by atoms with Crippen LogP contribution < -0.4 is 20.7 Å². The van der Waals surface area contributed by atoms with Crippen molar-refractivity contribution in [3.8, 4) is 11.4 Å². The van der Waals surface area contributed by atoms with E-state index in [2.05, 4.69) is 10.4 Å². The maximum absolute atomic E-state index is 13.8. The SMILES string of the molecule is COc1ccc(-n2nc(C(F)(F)F)c3c2C(=O)N(c2ccc(C4(CNCC(N)=O)CC4)cc2)CC3)cc1. The number of carbonyl (C=O) groups is 2. The van der Waals surface area contributed by atoms with Gasteiger partial charge >= 0.3 is 6.18 Å². The molecule has 2 amide bonds. The number of halogens is 3. The third-order valence-electron chi connectivity index (χ3n) is 7.01. The quantitative estimate of drug-likeness (QED) is 0.482. The number of ether oxygens (including phenoxy) is 1. The first-order valence-electron chi connectivity index (χ1n) is 11.9. The van der Waals surface area contributed by atoms with Gasteiger partial charge in [-0.05, 0) is 61.2 Å². The zero-order valence-electron chi connectivity index (χ0n) is 20.1. The van der Waals surface area contributed by atoms with E-state index in [1.165, 1.54) is 12.0 Å². The molecular weight excluding hydrogens is 487 g/mol. The average molecular weight is 514 g/mol. The van der Waals surface area contributed by atoms with Crippen LogP contribution in [0.3, 0.4) is 0 Å². The minimum Gasteiger partial charge on any atom is -0.497 e. The number of hydrogen-bond acceptors (Lipinski definition) is 5. The Kier molecular flexibility index (Phi) is 6.18. The van der Waals surface area contributed by atoms with E-state index in [1.807, 2.05) is 24.3 Å².